The van der Waals surface area contributed by atoms with Crippen molar-refractivity contribution in [1.82, 2.24) is 0 Å². The normalized spacial score (nSPS) is 9.33. The summed E-state index contributed by atoms with van der Waals surface area (Å²) in [6.45, 7) is 0. The van der Waals surface area contributed by atoms with Gasteiger partial charge in [0.15, 0.2) is 0 Å². The minimum Gasteiger partial charge on any atom is -0.779 e. The summed E-state index contributed by atoms with van der Waals surface area (Å²) in [5, 5.41) is 0. The van der Waals surface area contributed by atoms with Crippen molar-refractivity contribution in [1.29, 1.82) is 0 Å². The first-order valence-corrected chi connectivity index (χ1v) is 5.06. The van der Waals surface area contributed by atoms with Crippen LogP contribution in [0.2, 0.25) is 0 Å². The molecule has 0 N–H and O–H groups in total. The Morgan fingerprint density at radius 2 is 1.40 bits per heavy atom. The maximum atomic E-state index is 5.25. The van der Waals surface area contributed by atoms with Crippen LogP contribution in [0.4, 0.5) is 0 Å². The second-order valence-electron chi connectivity index (χ2n) is 3.27. The molecule has 2 rings (SSSR count). The Bertz CT molecular complexity index is 412. The van der Waals surface area contributed by atoms with Crippen molar-refractivity contribution in [3.63, 3.8) is 0 Å². The van der Waals surface area contributed by atoms with Crippen molar-refractivity contribution < 1.29 is 51.4 Å². The van der Waals surface area contributed by atoms with Crippen molar-refractivity contribution in [3.05, 3.63) is 65.7 Å². The first kappa shape index (κ1) is 13.4. The Kier molecular flexibility index (Phi) is 6.05. The molecule has 2 aromatic rings. The second kappa shape index (κ2) is 6.79. The van der Waals surface area contributed by atoms with Crippen LogP contribution in [0.25, 0.3) is 0 Å². The standard InChI is InChI=1S/C13H12S.K/c14-13-9-5-4-8-12(13)10-11-6-2-1-3-7-11;/h1-9,14H,10H2;/q;+1/p-1. The zero-order valence-corrected chi connectivity index (χ0v) is 12.8. The first-order chi connectivity index (χ1) is 6.86. The van der Waals surface area contributed by atoms with E-state index in [0.29, 0.717) is 0 Å². The molecular weight excluding hydrogens is 227 g/mol. The van der Waals surface area contributed by atoms with E-state index < -0.39 is 0 Å². The Balaban J connectivity index is 0.00000112. The predicted molar refractivity (Wildman–Crippen MR) is 61.3 cm³/mol. The van der Waals surface area contributed by atoms with Crippen LogP contribution in [0.3, 0.4) is 0 Å². The molecule has 15 heavy (non-hydrogen) atoms. The summed E-state index contributed by atoms with van der Waals surface area (Å²) in [5.74, 6) is 0. The molecule has 0 atom stereocenters. The molecule has 0 radical (unpaired) electrons. The van der Waals surface area contributed by atoms with E-state index in [2.05, 4.69) is 30.3 Å². The molecule has 0 amide bonds. The molecule has 0 aliphatic rings. The van der Waals surface area contributed by atoms with Crippen LogP contribution in [0.15, 0.2) is 59.5 Å². The van der Waals surface area contributed by atoms with Crippen molar-refractivity contribution in [2.75, 3.05) is 0 Å². The summed E-state index contributed by atoms with van der Waals surface area (Å²) in [6, 6.07) is 18.5. The summed E-state index contributed by atoms with van der Waals surface area (Å²) in [5.41, 5.74) is 2.54. The van der Waals surface area contributed by atoms with Crippen LogP contribution in [-0.2, 0) is 19.0 Å². The third kappa shape index (κ3) is 3.98. The Morgan fingerprint density at radius 1 is 0.800 bits per heavy atom. The van der Waals surface area contributed by atoms with Crippen LogP contribution in [0, 0.1) is 0 Å². The van der Waals surface area contributed by atoms with Crippen LogP contribution in [0.1, 0.15) is 11.1 Å². The third-order valence-corrected chi connectivity index (χ3v) is 2.61. The van der Waals surface area contributed by atoms with Gasteiger partial charge in [0, 0.05) is 0 Å². The zero-order valence-electron chi connectivity index (χ0n) is 8.81. The van der Waals surface area contributed by atoms with Crippen molar-refractivity contribution in [3.8, 4) is 0 Å². The monoisotopic (exact) mass is 238 g/mol. The van der Waals surface area contributed by atoms with Gasteiger partial charge < -0.3 is 12.6 Å². The van der Waals surface area contributed by atoms with Crippen LogP contribution in [-0.4, -0.2) is 0 Å². The molecule has 0 bridgehead atoms. The minimum absolute atomic E-state index is 0. The number of hydrogen-bond acceptors (Lipinski definition) is 1. The summed E-state index contributed by atoms with van der Waals surface area (Å²) >= 11 is 5.25. The van der Waals surface area contributed by atoms with Gasteiger partial charge in [-0.15, -0.1) is 0 Å². The maximum absolute atomic E-state index is 5.25. The summed E-state index contributed by atoms with van der Waals surface area (Å²) in [7, 11) is 0. The largest absolute Gasteiger partial charge is 1.00 e. The van der Waals surface area contributed by atoms with E-state index in [4.69, 9.17) is 12.6 Å². The van der Waals surface area contributed by atoms with Crippen LogP contribution in [0.5, 0.6) is 0 Å². The fourth-order valence-corrected chi connectivity index (χ4v) is 1.68. The molecule has 0 saturated heterocycles. The van der Waals surface area contributed by atoms with Gasteiger partial charge in [-0.05, 0) is 12.0 Å². The van der Waals surface area contributed by atoms with Gasteiger partial charge in [-0.1, -0.05) is 60.2 Å². The molecule has 0 nitrogen and oxygen atoms in total. The van der Waals surface area contributed by atoms with Gasteiger partial charge in [0.1, 0.15) is 0 Å². The first-order valence-electron chi connectivity index (χ1n) is 4.65. The summed E-state index contributed by atoms with van der Waals surface area (Å²) in [4.78, 5) is 0.955. The van der Waals surface area contributed by atoms with Crippen LogP contribution >= 0.6 is 0 Å². The molecule has 0 aliphatic carbocycles. The quantitative estimate of drug-likeness (QED) is 0.532. The SMILES string of the molecule is [K+].[S-]c1ccccc1Cc1ccccc1. The molecule has 0 fully saturated rings. The van der Waals surface area contributed by atoms with E-state index in [1.165, 1.54) is 11.1 Å². The molecule has 0 saturated carbocycles. The summed E-state index contributed by atoms with van der Waals surface area (Å²) in [6.07, 6.45) is 0.931. The van der Waals surface area contributed by atoms with Gasteiger partial charge >= 0.3 is 51.4 Å². The average Bonchev–Trinajstić information content (AvgIpc) is 2.23. The smallest absolute Gasteiger partial charge is 0.779 e. The Hall–Kier alpha value is 0.296. The van der Waals surface area contributed by atoms with Gasteiger partial charge in [-0.25, -0.2) is 0 Å². The summed E-state index contributed by atoms with van der Waals surface area (Å²) < 4.78 is 0. The van der Waals surface area contributed by atoms with Crippen LogP contribution < -0.4 is 51.4 Å². The molecule has 0 aromatic heterocycles. The molecule has 0 heterocycles. The average molecular weight is 238 g/mol. The fourth-order valence-electron chi connectivity index (χ4n) is 1.47. The molecular formula is C13H11KS. The maximum Gasteiger partial charge on any atom is 1.00 e. The van der Waals surface area contributed by atoms with Gasteiger partial charge in [0.05, 0.1) is 0 Å². The van der Waals surface area contributed by atoms with E-state index in [9.17, 15) is 0 Å². The molecule has 2 aromatic carbocycles. The van der Waals surface area contributed by atoms with Gasteiger partial charge in [-0.2, -0.15) is 4.90 Å². The second-order valence-corrected chi connectivity index (χ2v) is 3.71. The third-order valence-electron chi connectivity index (χ3n) is 2.21. The van der Waals surface area contributed by atoms with Gasteiger partial charge in [-0.3, -0.25) is 0 Å². The molecule has 0 spiro atoms. The Morgan fingerprint density at radius 3 is 2.07 bits per heavy atom. The van der Waals surface area contributed by atoms with Crippen molar-refractivity contribution >= 4 is 12.6 Å². The van der Waals surface area contributed by atoms with Gasteiger partial charge in [0.2, 0.25) is 0 Å². The van der Waals surface area contributed by atoms with E-state index in [-0.39, 0.29) is 51.4 Å². The molecule has 70 valence electrons. The fraction of sp³-hybridized carbons (Fsp3) is 0.0769. The van der Waals surface area contributed by atoms with E-state index in [0.717, 1.165) is 11.3 Å². The Labute approximate surface area is 139 Å². The minimum atomic E-state index is 0. The van der Waals surface area contributed by atoms with Crippen molar-refractivity contribution in [2.24, 2.45) is 0 Å². The molecule has 0 aliphatic heterocycles. The molecule has 0 unspecified atom stereocenters. The predicted octanol–water partition coefficient (Wildman–Crippen LogP) is 0.187. The number of benzene rings is 2. The van der Waals surface area contributed by atoms with Gasteiger partial charge in [0.25, 0.3) is 0 Å². The van der Waals surface area contributed by atoms with E-state index in [1.54, 1.807) is 0 Å². The topological polar surface area (TPSA) is 0 Å². The number of hydrogen-bond donors (Lipinski definition) is 0. The molecule has 2 heteroatoms. The van der Waals surface area contributed by atoms with Crippen molar-refractivity contribution in [2.45, 2.75) is 11.3 Å². The number of rotatable bonds is 2. The zero-order chi connectivity index (χ0) is 9.80. The van der Waals surface area contributed by atoms with E-state index in [1.807, 2.05) is 24.3 Å². The van der Waals surface area contributed by atoms with E-state index >= 15 is 0 Å².